The quantitative estimate of drug-likeness (QED) is 0.129. The Hall–Kier alpha value is -4.97. The minimum atomic E-state index is -3.60. The van der Waals surface area contributed by atoms with E-state index in [-0.39, 0.29) is 31.2 Å². The molecule has 0 radical (unpaired) electrons. The number of carboxylic acid groups (broad SMARTS) is 1. The Kier molecular flexibility index (Phi) is 12.5. The Morgan fingerprint density at radius 1 is 1.08 bits per heavy atom. The van der Waals surface area contributed by atoms with Crippen LogP contribution in [-0.4, -0.2) is 112 Å². The molecule has 4 atom stereocenters. The van der Waals surface area contributed by atoms with Crippen molar-refractivity contribution in [2.45, 2.75) is 114 Å². The summed E-state index contributed by atoms with van der Waals surface area (Å²) in [6.45, 7) is 12.1. The average molecular weight is 854 g/mol. The molecule has 3 heterocycles. The maximum absolute atomic E-state index is 14.0. The molecule has 2 aliphatic carbocycles. The van der Waals surface area contributed by atoms with Crippen molar-refractivity contribution in [2.75, 3.05) is 31.3 Å². The summed E-state index contributed by atoms with van der Waals surface area (Å²) in [4.78, 5) is 64.6. The standard InChI is InChI=1S/C41H55N7O9S2/c1-8-25-19-41(25,36(51)52)46-35(50)32-17-27(21-48(32)34(49)20-42-37(53)47-40(14-10-9-11-15-40)23-59(54,55)39(4,5)6)57-33-18-30(31-22-58-38(45-31)43-24(2)3)44-29-16-26(56-7)12-13-28(29)33/h8,12-13,16,18,22,24-25,27,32H,1,9-11,14-15,17,19-21,23H2,2-7H3,(H,43,45)(H,46,50)(H,51,52)(H2,42,47,53)/t25?,27-,32+,41-/m1/s1. The summed E-state index contributed by atoms with van der Waals surface area (Å²) in [6.07, 6.45) is 4.29. The number of hydrogen-bond acceptors (Lipinski definition) is 12. The van der Waals surface area contributed by atoms with Crippen LogP contribution in [0.5, 0.6) is 11.5 Å². The van der Waals surface area contributed by atoms with Gasteiger partial charge in [0.05, 0.1) is 47.4 Å². The van der Waals surface area contributed by atoms with Crippen molar-refractivity contribution in [3.8, 4) is 22.9 Å². The van der Waals surface area contributed by atoms with Gasteiger partial charge in [-0.25, -0.2) is 28.0 Å². The van der Waals surface area contributed by atoms with Crippen LogP contribution in [0, 0.1) is 5.92 Å². The van der Waals surface area contributed by atoms with Gasteiger partial charge in [0.15, 0.2) is 15.0 Å². The lowest BCUT2D eigenvalue weighted by Crippen LogP contribution is -2.59. The molecule has 0 spiro atoms. The lowest BCUT2D eigenvalue weighted by atomic mass is 9.83. The first kappa shape index (κ1) is 43.6. The van der Waals surface area contributed by atoms with Crippen molar-refractivity contribution in [3.05, 3.63) is 42.3 Å². The van der Waals surface area contributed by atoms with Gasteiger partial charge in [-0.2, -0.15) is 0 Å². The number of benzene rings is 1. The van der Waals surface area contributed by atoms with Gasteiger partial charge in [0.25, 0.3) is 0 Å². The highest BCUT2D eigenvalue weighted by Crippen LogP contribution is 2.45. The number of ether oxygens (including phenoxy) is 2. The number of fused-ring (bicyclic) bond motifs is 1. The number of nitrogens with one attached hydrogen (secondary N) is 4. The highest BCUT2D eigenvalue weighted by molar-refractivity contribution is 7.92. The number of likely N-dealkylation sites (tertiary alicyclic amines) is 1. The van der Waals surface area contributed by atoms with Gasteiger partial charge >= 0.3 is 12.0 Å². The van der Waals surface area contributed by atoms with Gasteiger partial charge in [0, 0.05) is 41.3 Å². The molecule has 320 valence electrons. The van der Waals surface area contributed by atoms with Crippen molar-refractivity contribution in [3.63, 3.8) is 0 Å². The van der Waals surface area contributed by atoms with E-state index in [1.54, 1.807) is 46.1 Å². The predicted octanol–water partition coefficient (Wildman–Crippen LogP) is 4.90. The van der Waals surface area contributed by atoms with Crippen LogP contribution in [0.15, 0.2) is 42.3 Å². The molecule has 1 aliphatic heterocycles. The monoisotopic (exact) mass is 853 g/mol. The zero-order chi connectivity index (χ0) is 42.9. The summed E-state index contributed by atoms with van der Waals surface area (Å²) in [5, 5.41) is 24.8. The number of urea groups is 1. The van der Waals surface area contributed by atoms with Crippen LogP contribution >= 0.6 is 11.3 Å². The van der Waals surface area contributed by atoms with Crippen molar-refractivity contribution in [1.29, 1.82) is 0 Å². The summed E-state index contributed by atoms with van der Waals surface area (Å²) in [7, 11) is -2.04. The molecule has 0 bridgehead atoms. The minimum absolute atomic E-state index is 0.0143. The van der Waals surface area contributed by atoms with Crippen molar-refractivity contribution in [2.24, 2.45) is 5.92 Å². The number of anilines is 1. The number of pyridine rings is 1. The minimum Gasteiger partial charge on any atom is -0.497 e. The second kappa shape index (κ2) is 17.0. The third kappa shape index (κ3) is 9.59. The molecule has 1 unspecified atom stereocenters. The highest BCUT2D eigenvalue weighted by atomic mass is 32.2. The number of methoxy groups -OCH3 is 1. The summed E-state index contributed by atoms with van der Waals surface area (Å²) < 4.78 is 37.6. The molecule has 59 heavy (non-hydrogen) atoms. The van der Waals surface area contributed by atoms with Gasteiger partial charge < -0.3 is 40.7 Å². The number of carboxylic acids is 1. The van der Waals surface area contributed by atoms with Gasteiger partial charge in [-0.05, 0) is 66.0 Å². The fourth-order valence-electron chi connectivity index (χ4n) is 7.80. The zero-order valence-electron chi connectivity index (χ0n) is 34.4. The van der Waals surface area contributed by atoms with Crippen LogP contribution in [0.2, 0.25) is 0 Å². The molecule has 4 amide bonds. The molecular weight excluding hydrogens is 799 g/mol. The van der Waals surface area contributed by atoms with Gasteiger partial charge in [0.1, 0.15) is 34.9 Å². The number of carbonyl (C=O) groups is 4. The smallest absolute Gasteiger partial charge is 0.330 e. The van der Waals surface area contributed by atoms with Crippen molar-refractivity contribution in [1.82, 2.24) is 30.8 Å². The van der Waals surface area contributed by atoms with E-state index in [0.29, 0.717) is 46.6 Å². The van der Waals surface area contributed by atoms with E-state index >= 15 is 0 Å². The van der Waals surface area contributed by atoms with Crippen LogP contribution in [0.4, 0.5) is 9.93 Å². The van der Waals surface area contributed by atoms with E-state index < -0.39 is 74.1 Å². The molecule has 3 fully saturated rings. The van der Waals surface area contributed by atoms with E-state index in [1.165, 1.54) is 22.3 Å². The maximum Gasteiger partial charge on any atom is 0.330 e. The Labute approximate surface area is 348 Å². The van der Waals surface area contributed by atoms with Gasteiger partial charge in [-0.1, -0.05) is 25.3 Å². The number of sulfone groups is 1. The first-order chi connectivity index (χ1) is 27.8. The Balaban J connectivity index is 1.24. The fraction of sp³-hybridized carbons (Fsp3) is 0.561. The number of hydrogen-bond donors (Lipinski definition) is 5. The molecule has 1 saturated heterocycles. The average Bonchev–Trinajstić information content (AvgIpc) is 3.44. The van der Waals surface area contributed by atoms with Crippen LogP contribution in [0.3, 0.4) is 0 Å². The van der Waals surface area contributed by atoms with Gasteiger partial charge in [-0.3, -0.25) is 9.59 Å². The van der Waals surface area contributed by atoms with Crippen LogP contribution in [0.25, 0.3) is 22.3 Å². The maximum atomic E-state index is 14.0. The van der Waals surface area contributed by atoms with Crippen molar-refractivity contribution >= 4 is 61.0 Å². The summed E-state index contributed by atoms with van der Waals surface area (Å²) in [5.41, 5.74) is -0.826. The third-order valence-corrected chi connectivity index (χ3v) is 14.9. The molecule has 2 aromatic heterocycles. The first-order valence-electron chi connectivity index (χ1n) is 19.9. The SMILES string of the molecule is C=CC1C[C@]1(NC(=O)[C@@H]1C[C@@H](Oc2cc(-c3csc(NC(C)C)n3)nc3cc(OC)ccc23)CN1C(=O)CNC(=O)NC1(CS(=O)(=O)C(C)(C)C)CCCCC1)C(=O)O. The number of carbonyl (C=O) groups excluding carboxylic acids is 3. The molecule has 3 aromatic rings. The molecule has 18 heteroatoms. The van der Waals surface area contributed by atoms with Crippen molar-refractivity contribution < 1.29 is 42.2 Å². The molecule has 5 N–H and O–H groups in total. The number of nitrogens with zero attached hydrogens (tertiary/aromatic N) is 3. The molecule has 3 aliphatic rings. The summed E-state index contributed by atoms with van der Waals surface area (Å²) in [6, 6.07) is 5.44. The molecule has 6 rings (SSSR count). The normalized spacial score (nSPS) is 22.7. The van der Waals surface area contributed by atoms with E-state index in [2.05, 4.69) is 27.8 Å². The lowest BCUT2D eigenvalue weighted by molar-refractivity contribution is -0.145. The number of aromatic nitrogens is 2. The second-order valence-corrected chi connectivity index (χ2v) is 20.7. The van der Waals surface area contributed by atoms with E-state index in [0.717, 1.165) is 24.4 Å². The first-order valence-corrected chi connectivity index (χ1v) is 22.5. The van der Waals surface area contributed by atoms with E-state index in [4.69, 9.17) is 19.4 Å². The number of amides is 4. The Morgan fingerprint density at radius 2 is 1.81 bits per heavy atom. The zero-order valence-corrected chi connectivity index (χ0v) is 36.1. The molecule has 16 nitrogen and oxygen atoms in total. The number of rotatable bonds is 15. The molecule has 1 aromatic carbocycles. The number of aliphatic carboxylic acids is 1. The van der Waals surface area contributed by atoms with Crippen LogP contribution in [0.1, 0.15) is 79.6 Å². The molecule has 2 saturated carbocycles. The van der Waals surface area contributed by atoms with Crippen LogP contribution < -0.4 is 30.7 Å². The fourth-order valence-corrected chi connectivity index (χ4v) is 10.2. The second-order valence-electron chi connectivity index (χ2n) is 17.1. The Bertz CT molecular complexity index is 2210. The molecular formula is C41H55N7O9S2. The summed E-state index contributed by atoms with van der Waals surface area (Å²) in [5.74, 6) is -2.20. The number of thiazole rings is 1. The summed E-state index contributed by atoms with van der Waals surface area (Å²) >= 11 is 1.44. The van der Waals surface area contributed by atoms with Gasteiger partial charge in [0.2, 0.25) is 11.8 Å². The topological polar surface area (TPSA) is 218 Å². The van der Waals surface area contributed by atoms with Gasteiger partial charge in [-0.15, -0.1) is 17.9 Å². The predicted molar refractivity (Wildman–Crippen MR) is 225 cm³/mol. The van der Waals surface area contributed by atoms with E-state index in [9.17, 15) is 32.7 Å². The van der Waals surface area contributed by atoms with E-state index in [1.807, 2.05) is 25.3 Å². The lowest BCUT2D eigenvalue weighted by Gasteiger charge is -2.39. The third-order valence-electron chi connectivity index (χ3n) is 11.4. The Morgan fingerprint density at radius 3 is 2.44 bits per heavy atom. The van der Waals surface area contributed by atoms with Crippen LogP contribution in [-0.2, 0) is 24.2 Å². The highest BCUT2D eigenvalue weighted by Gasteiger charge is 2.61. The largest absolute Gasteiger partial charge is 0.497 e.